The lowest BCUT2D eigenvalue weighted by Gasteiger charge is -1.98. The van der Waals surface area contributed by atoms with Gasteiger partial charge >= 0.3 is 24.4 Å². The molecule has 0 atom stereocenters. The average molecular weight is 1060 g/mol. The van der Waals surface area contributed by atoms with Gasteiger partial charge < -0.3 is 9.47 Å². The van der Waals surface area contributed by atoms with Gasteiger partial charge in [0.25, 0.3) is 0 Å². The van der Waals surface area contributed by atoms with E-state index in [1.54, 1.807) is 16.3 Å². The fourth-order valence-corrected chi connectivity index (χ4v) is 3.83. The van der Waals surface area contributed by atoms with Gasteiger partial charge in [0.15, 0.2) is 16.9 Å². The topological polar surface area (TPSA) is 292 Å². The maximum atomic E-state index is 11.8. The summed E-state index contributed by atoms with van der Waals surface area (Å²) in [6.07, 6.45) is -8.99. The van der Waals surface area contributed by atoms with E-state index < -0.39 is 30.0 Å². The zero-order valence-electron chi connectivity index (χ0n) is 26.1. The van der Waals surface area contributed by atoms with Crippen LogP contribution in [0.1, 0.15) is 34.9 Å². The van der Waals surface area contributed by atoms with Crippen LogP contribution in [0, 0.1) is 32.1 Å². The first kappa shape index (κ1) is 47.0. The Labute approximate surface area is 334 Å². The van der Waals surface area contributed by atoms with E-state index in [2.05, 4.69) is 154 Å². The highest BCUT2D eigenvalue weighted by atomic mass is 79.9. The fourth-order valence-electron chi connectivity index (χ4n) is 2.26. The number of aromatic amines is 6. The molecule has 53 heavy (non-hydrogen) atoms. The monoisotopic (exact) mass is 1060 g/mol. The second-order valence-corrected chi connectivity index (χ2v) is 11.4. The van der Waals surface area contributed by atoms with Crippen molar-refractivity contribution in [3.63, 3.8) is 0 Å². The van der Waals surface area contributed by atoms with Crippen molar-refractivity contribution in [3.8, 4) is 18.1 Å². The molecule has 0 unspecified atom stereocenters. The summed E-state index contributed by atoms with van der Waals surface area (Å²) in [6, 6.07) is 1.10. The number of hydrogen-bond acceptors (Lipinski definition) is 15. The highest BCUT2D eigenvalue weighted by molar-refractivity contribution is 9.11. The molecule has 6 aromatic rings. The number of halogens is 12. The van der Waals surface area contributed by atoms with Crippen LogP contribution in [0.3, 0.4) is 0 Å². The lowest BCUT2D eigenvalue weighted by atomic mass is 10.6. The summed E-state index contributed by atoms with van der Waals surface area (Å²) in [5.74, 6) is 0.309. The second-order valence-electron chi connectivity index (χ2n) is 8.05. The summed E-state index contributed by atoms with van der Waals surface area (Å²) in [5, 5.41) is 42.8. The van der Waals surface area contributed by atoms with E-state index in [-0.39, 0.29) is 28.7 Å². The Morgan fingerprint density at radius 2 is 1.04 bits per heavy atom. The Hall–Kier alpha value is -3.99. The lowest BCUT2D eigenvalue weighted by molar-refractivity contribution is -0.145. The first-order valence-corrected chi connectivity index (χ1v) is 17.0. The summed E-state index contributed by atoms with van der Waals surface area (Å²) in [6.45, 7) is 5.57. The molecule has 0 bridgehead atoms. The highest BCUT2D eigenvalue weighted by Crippen LogP contribution is 2.27. The minimum atomic E-state index is -4.54. The Morgan fingerprint density at radius 1 is 0.585 bits per heavy atom. The standard InChI is InChI=1S/C4H3ClF3N3O.C4H3ClN4O.C4H7N3.C3HBrF3N3.C3H4BrN3.C2HBr2N3/c5-1-12-3-9-2(10-11-3)4(6,7)8;5-2-10-4-7-3(1-6)8-9-4;1-3-5-4(2)7-6-3;4-2-8-1(9-10-2)3(5,6)7;1-2-5-3(4)7-6-2;3-1-5-2(4)7-6-1/h1H2,(H,9,10,11);2H2,(H,7,8,9);1-2H3,(H,5,6,7);(H,8,9,10);1H3,(H,5,6,7);(H,5,6,7). The molecular formula is C20H19Br4Cl2F6N19O2. The molecule has 6 N–H and O–H groups in total. The van der Waals surface area contributed by atoms with Gasteiger partial charge in [-0.05, 0) is 84.5 Å². The smallest absolute Gasteiger partial charge is 0.446 e. The number of H-pyrrole nitrogens is 6. The molecular weight excluding hydrogens is 1040 g/mol. The van der Waals surface area contributed by atoms with E-state index >= 15 is 0 Å². The number of aryl methyl sites for hydroxylation is 3. The summed E-state index contributed by atoms with van der Waals surface area (Å²) in [4.78, 5) is 21.1. The third-order valence-electron chi connectivity index (χ3n) is 4.11. The van der Waals surface area contributed by atoms with E-state index in [0.717, 1.165) is 17.5 Å². The van der Waals surface area contributed by atoms with Crippen molar-refractivity contribution in [2.75, 3.05) is 12.1 Å². The first-order chi connectivity index (χ1) is 24.8. The summed E-state index contributed by atoms with van der Waals surface area (Å²) < 4.78 is 81.2. The lowest BCUT2D eigenvalue weighted by Crippen LogP contribution is -2.07. The maximum Gasteiger partial charge on any atom is 0.451 e. The van der Waals surface area contributed by atoms with Crippen LogP contribution in [0.5, 0.6) is 12.0 Å². The van der Waals surface area contributed by atoms with Crippen LogP contribution >= 0.6 is 86.9 Å². The number of nitriles is 1. The molecule has 6 rings (SSSR count). The molecule has 0 saturated heterocycles. The van der Waals surface area contributed by atoms with Crippen molar-refractivity contribution in [3.05, 3.63) is 53.9 Å². The zero-order valence-corrected chi connectivity index (χ0v) is 33.9. The molecule has 0 radical (unpaired) electrons. The Bertz CT molecular complexity index is 1800. The van der Waals surface area contributed by atoms with Gasteiger partial charge in [-0.2, -0.15) is 56.6 Å². The van der Waals surface area contributed by atoms with E-state index in [0.29, 0.717) is 14.2 Å². The largest absolute Gasteiger partial charge is 0.451 e. The van der Waals surface area contributed by atoms with E-state index in [1.165, 1.54) is 0 Å². The SMILES string of the molecule is Brc1n[nH]c(Br)n1.Cc1n[nH]c(C)n1.Cc1nc(Br)n[nH]1.FC(F)(F)c1nc(Br)n[nH]1.FC(F)(F)c1nc(OCCl)n[nH]1.N#Cc1nc(OCCl)n[nH]1. The number of nitrogens with one attached hydrogen (secondary N) is 6. The normalized spacial score (nSPS) is 10.3. The third-order valence-corrected chi connectivity index (χ3v) is 5.74. The molecule has 0 amide bonds. The number of aromatic nitrogens is 18. The number of rotatable bonds is 4. The van der Waals surface area contributed by atoms with Crippen molar-refractivity contribution < 1.29 is 35.8 Å². The zero-order chi connectivity index (χ0) is 40.2. The van der Waals surface area contributed by atoms with Crippen LogP contribution in [0.2, 0.25) is 0 Å². The van der Waals surface area contributed by atoms with Gasteiger partial charge in [-0.3, -0.25) is 25.5 Å². The molecule has 290 valence electrons. The predicted octanol–water partition coefficient (Wildman–Crippen LogP) is 5.86. The minimum Gasteiger partial charge on any atom is -0.446 e. The first-order valence-electron chi connectivity index (χ1n) is 12.8. The van der Waals surface area contributed by atoms with Crippen molar-refractivity contribution in [1.29, 1.82) is 5.26 Å². The number of alkyl halides is 8. The van der Waals surface area contributed by atoms with Crippen molar-refractivity contribution in [2.24, 2.45) is 0 Å². The Kier molecular flexibility index (Phi) is 21.0. The summed E-state index contributed by atoms with van der Waals surface area (Å²) in [7, 11) is 0. The van der Waals surface area contributed by atoms with Gasteiger partial charge in [0.2, 0.25) is 31.7 Å². The van der Waals surface area contributed by atoms with Gasteiger partial charge in [0.1, 0.15) is 23.5 Å². The van der Waals surface area contributed by atoms with Crippen molar-refractivity contribution in [1.82, 2.24) is 91.1 Å². The van der Waals surface area contributed by atoms with Crippen LogP contribution in [0.15, 0.2) is 18.9 Å². The van der Waals surface area contributed by atoms with Crippen LogP contribution in [0.25, 0.3) is 0 Å². The third kappa shape index (κ3) is 20.7. The quantitative estimate of drug-likeness (QED) is 0.0890. The molecule has 0 aromatic carbocycles. The molecule has 0 fully saturated rings. The van der Waals surface area contributed by atoms with Gasteiger partial charge in [-0.1, -0.05) is 23.2 Å². The maximum absolute atomic E-state index is 11.8. The predicted molar refractivity (Wildman–Crippen MR) is 181 cm³/mol. The van der Waals surface area contributed by atoms with Gasteiger partial charge in [0, 0.05) is 0 Å². The number of hydrogen-bond donors (Lipinski definition) is 6. The van der Waals surface area contributed by atoms with E-state index in [9.17, 15) is 26.3 Å². The average Bonchev–Trinajstić information content (AvgIpc) is 3.92. The van der Waals surface area contributed by atoms with Gasteiger partial charge in [-0.15, -0.1) is 25.5 Å². The number of ether oxygens (including phenoxy) is 2. The van der Waals surface area contributed by atoms with E-state index in [1.807, 2.05) is 20.8 Å². The highest BCUT2D eigenvalue weighted by Gasteiger charge is 2.36. The molecule has 0 saturated carbocycles. The van der Waals surface area contributed by atoms with Crippen molar-refractivity contribution >= 4 is 86.9 Å². The Balaban J connectivity index is 0.000000322. The number of nitrogens with zero attached hydrogens (tertiary/aromatic N) is 13. The van der Waals surface area contributed by atoms with Gasteiger partial charge in [-0.25, -0.2) is 15.1 Å². The Morgan fingerprint density at radius 3 is 1.30 bits per heavy atom. The molecule has 0 aliphatic rings. The minimum absolute atomic E-state index is 0.0251. The van der Waals surface area contributed by atoms with Crippen LogP contribution < -0.4 is 9.47 Å². The molecule has 33 heteroatoms. The molecule has 0 aliphatic carbocycles. The molecule has 6 heterocycles. The molecule has 0 spiro atoms. The van der Waals surface area contributed by atoms with Crippen LogP contribution in [0.4, 0.5) is 26.3 Å². The van der Waals surface area contributed by atoms with Crippen LogP contribution in [-0.2, 0) is 12.4 Å². The molecule has 21 nitrogen and oxygen atoms in total. The fraction of sp³-hybridized carbons (Fsp3) is 0.350. The molecule has 0 aliphatic heterocycles. The molecule has 6 aromatic heterocycles. The second kappa shape index (κ2) is 23.6. The summed E-state index contributed by atoms with van der Waals surface area (Å²) in [5.41, 5.74) is 0. The van der Waals surface area contributed by atoms with Crippen LogP contribution in [-0.4, -0.2) is 103 Å². The van der Waals surface area contributed by atoms with Crippen molar-refractivity contribution in [2.45, 2.75) is 33.1 Å². The summed E-state index contributed by atoms with van der Waals surface area (Å²) >= 11 is 22.1. The van der Waals surface area contributed by atoms with Gasteiger partial charge in [0.05, 0.1) is 0 Å². The van der Waals surface area contributed by atoms with E-state index in [4.69, 9.17) is 28.5 Å².